The summed E-state index contributed by atoms with van der Waals surface area (Å²) in [6.45, 7) is 0. The fourth-order valence-corrected chi connectivity index (χ4v) is 8.17. The van der Waals surface area contributed by atoms with Gasteiger partial charge in [-0.2, -0.15) is 0 Å². The molecule has 0 fully saturated rings. The summed E-state index contributed by atoms with van der Waals surface area (Å²) in [6.07, 6.45) is 0. The average molecular weight is 722 g/mol. The van der Waals surface area contributed by atoms with Crippen molar-refractivity contribution in [2.45, 2.75) is 0 Å². The van der Waals surface area contributed by atoms with Crippen LogP contribution in [0.25, 0.3) is 100 Å². The number of aryl methyl sites for hydroxylation is 2. The van der Waals surface area contributed by atoms with Crippen LogP contribution < -0.4 is 5.69 Å². The second kappa shape index (κ2) is 13.4. The highest BCUT2D eigenvalue weighted by Crippen LogP contribution is 2.46. The van der Waals surface area contributed by atoms with Gasteiger partial charge in [-0.25, -0.2) is 19.7 Å². The maximum atomic E-state index is 12.9. The van der Waals surface area contributed by atoms with Gasteiger partial charge in [0.25, 0.3) is 0 Å². The lowest BCUT2D eigenvalue weighted by Gasteiger charge is -2.19. The van der Waals surface area contributed by atoms with E-state index in [4.69, 9.17) is 15.0 Å². The van der Waals surface area contributed by atoms with Crippen molar-refractivity contribution in [2.24, 2.45) is 14.1 Å². The molecular weight excluding hydrogens is 687 g/mol. The first-order chi connectivity index (χ1) is 27.5. The van der Waals surface area contributed by atoms with E-state index < -0.39 is 0 Å². The Kier molecular flexibility index (Phi) is 7.96. The van der Waals surface area contributed by atoms with Gasteiger partial charge in [0.05, 0.1) is 11.0 Å². The Balaban J connectivity index is 1.24. The molecule has 6 nitrogen and oxygen atoms in total. The fraction of sp³-hybridized carbons (Fsp3) is 0.0400. The van der Waals surface area contributed by atoms with Crippen LogP contribution in [0.1, 0.15) is 0 Å². The van der Waals surface area contributed by atoms with Gasteiger partial charge >= 0.3 is 5.69 Å². The first kappa shape index (κ1) is 33.2. The van der Waals surface area contributed by atoms with Crippen molar-refractivity contribution >= 4 is 32.6 Å². The molecular formula is C50H35N5O. The Hall–Kier alpha value is -7.44. The SMILES string of the molecule is Cn1c(=O)n(C)c2cc(-c3c4ccccc4c(-c4ccccc4-c4nc(-c5ccccc5)nc(-c5ccccc5-c5ccccc5)n4)c4ccccc34)ccc21. The third-order valence-corrected chi connectivity index (χ3v) is 10.8. The largest absolute Gasteiger partial charge is 0.328 e. The van der Waals surface area contributed by atoms with E-state index in [0.717, 1.165) is 82.6 Å². The van der Waals surface area contributed by atoms with E-state index >= 15 is 0 Å². The Labute approximate surface area is 323 Å². The number of nitrogens with zero attached hydrogens (tertiary/aromatic N) is 5. The predicted molar refractivity (Wildman–Crippen MR) is 229 cm³/mol. The summed E-state index contributed by atoms with van der Waals surface area (Å²) in [4.78, 5) is 28.5. The zero-order valence-corrected chi connectivity index (χ0v) is 30.9. The summed E-state index contributed by atoms with van der Waals surface area (Å²) in [6, 6.07) is 60.8. The first-order valence-corrected chi connectivity index (χ1v) is 18.7. The van der Waals surface area contributed by atoms with Gasteiger partial charge in [0.15, 0.2) is 17.5 Å². The monoisotopic (exact) mass is 721 g/mol. The molecule has 0 aliphatic carbocycles. The highest BCUT2D eigenvalue weighted by Gasteiger charge is 2.22. The van der Waals surface area contributed by atoms with Gasteiger partial charge < -0.3 is 0 Å². The van der Waals surface area contributed by atoms with Crippen LogP contribution in [0.5, 0.6) is 0 Å². The molecule has 10 rings (SSSR count). The van der Waals surface area contributed by atoms with E-state index in [2.05, 4.69) is 133 Å². The Morgan fingerprint density at radius 3 is 1.38 bits per heavy atom. The lowest BCUT2D eigenvalue weighted by atomic mass is 9.84. The van der Waals surface area contributed by atoms with Gasteiger partial charge in [-0.15, -0.1) is 0 Å². The Bertz CT molecular complexity index is 3130. The molecule has 0 saturated heterocycles. The minimum Gasteiger partial charge on any atom is -0.295 e. The van der Waals surface area contributed by atoms with Crippen LogP contribution in [0.15, 0.2) is 181 Å². The van der Waals surface area contributed by atoms with E-state index in [0.29, 0.717) is 17.5 Å². The highest BCUT2D eigenvalue weighted by atomic mass is 16.1. The summed E-state index contributed by atoms with van der Waals surface area (Å²) in [7, 11) is 3.66. The second-order valence-corrected chi connectivity index (χ2v) is 14.1. The lowest BCUT2D eigenvalue weighted by molar-refractivity contribution is 0.795. The molecule has 0 N–H and O–H groups in total. The van der Waals surface area contributed by atoms with Gasteiger partial charge in [0.1, 0.15) is 0 Å². The molecule has 0 saturated carbocycles. The number of fused-ring (bicyclic) bond motifs is 3. The molecule has 2 heterocycles. The first-order valence-electron chi connectivity index (χ1n) is 18.7. The van der Waals surface area contributed by atoms with Crippen molar-refractivity contribution in [1.82, 2.24) is 24.1 Å². The predicted octanol–water partition coefficient (Wildman–Crippen LogP) is 11.4. The standard InChI is InChI=1S/C50H35N5O/c1-54-43-30-29-34(31-44(43)55(2)50(54)56)45-36-22-10-12-24-38(36)46(39-25-13-11-23-37(39)45)40-26-14-16-28-42(40)49-52-47(33-19-7-4-8-20-33)51-48(53-49)41-27-15-9-21-35(41)32-17-5-3-6-18-32/h3-31H,1-2H3. The zero-order chi connectivity index (χ0) is 37.8. The Morgan fingerprint density at radius 1 is 0.357 bits per heavy atom. The Morgan fingerprint density at radius 2 is 0.786 bits per heavy atom. The number of hydrogen-bond donors (Lipinski definition) is 0. The second-order valence-electron chi connectivity index (χ2n) is 14.1. The van der Waals surface area contributed by atoms with Crippen LogP contribution in [-0.4, -0.2) is 24.1 Å². The van der Waals surface area contributed by atoms with Gasteiger partial charge in [-0.05, 0) is 67.1 Å². The summed E-state index contributed by atoms with van der Waals surface area (Å²) in [5, 5.41) is 4.47. The van der Waals surface area contributed by atoms with E-state index in [9.17, 15) is 4.79 Å². The van der Waals surface area contributed by atoms with E-state index in [1.807, 2.05) is 56.6 Å². The fourth-order valence-electron chi connectivity index (χ4n) is 8.17. The molecule has 0 radical (unpaired) electrons. The third-order valence-electron chi connectivity index (χ3n) is 10.8. The van der Waals surface area contributed by atoms with Crippen LogP contribution in [0.2, 0.25) is 0 Å². The number of imidazole rings is 1. The van der Waals surface area contributed by atoms with Crippen molar-refractivity contribution < 1.29 is 0 Å². The molecule has 0 atom stereocenters. The summed E-state index contributed by atoms with van der Waals surface area (Å²) in [5.74, 6) is 1.82. The van der Waals surface area contributed by atoms with Crippen LogP contribution in [0.4, 0.5) is 0 Å². The maximum Gasteiger partial charge on any atom is 0.328 e. The van der Waals surface area contributed by atoms with Crippen molar-refractivity contribution in [3.05, 3.63) is 186 Å². The number of rotatable bonds is 6. The minimum absolute atomic E-state index is 0.0423. The van der Waals surface area contributed by atoms with Gasteiger partial charge in [0.2, 0.25) is 0 Å². The molecule has 6 heteroatoms. The average Bonchev–Trinajstić information content (AvgIpc) is 3.48. The van der Waals surface area contributed by atoms with E-state index in [1.54, 1.807) is 9.13 Å². The summed E-state index contributed by atoms with van der Waals surface area (Å²) < 4.78 is 3.42. The third kappa shape index (κ3) is 5.42. The van der Waals surface area contributed by atoms with Crippen LogP contribution in [-0.2, 0) is 14.1 Å². The molecule has 0 unspecified atom stereocenters. The molecule has 8 aromatic carbocycles. The van der Waals surface area contributed by atoms with E-state index in [-0.39, 0.29) is 5.69 Å². The lowest BCUT2D eigenvalue weighted by Crippen LogP contribution is -2.19. The zero-order valence-electron chi connectivity index (χ0n) is 30.9. The van der Waals surface area contributed by atoms with Crippen molar-refractivity contribution in [3.63, 3.8) is 0 Å². The van der Waals surface area contributed by atoms with E-state index in [1.165, 1.54) is 0 Å². The number of aromatic nitrogens is 5. The maximum absolute atomic E-state index is 12.9. The van der Waals surface area contributed by atoms with Crippen LogP contribution in [0, 0.1) is 0 Å². The van der Waals surface area contributed by atoms with Crippen LogP contribution >= 0.6 is 0 Å². The molecule has 0 aliphatic heterocycles. The number of benzene rings is 8. The van der Waals surface area contributed by atoms with Gasteiger partial charge in [-0.3, -0.25) is 9.13 Å². The topological polar surface area (TPSA) is 65.6 Å². The smallest absolute Gasteiger partial charge is 0.295 e. The summed E-state index contributed by atoms with van der Waals surface area (Å²) in [5.41, 5.74) is 11.0. The molecule has 0 amide bonds. The summed E-state index contributed by atoms with van der Waals surface area (Å²) >= 11 is 0. The van der Waals surface area contributed by atoms with Gasteiger partial charge in [0, 0.05) is 30.8 Å². The molecule has 0 spiro atoms. The minimum atomic E-state index is -0.0423. The normalized spacial score (nSPS) is 11.5. The van der Waals surface area contributed by atoms with Crippen LogP contribution in [0.3, 0.4) is 0 Å². The highest BCUT2D eigenvalue weighted by molar-refractivity contribution is 6.22. The quantitative estimate of drug-likeness (QED) is 0.160. The molecule has 266 valence electrons. The van der Waals surface area contributed by atoms with Crippen molar-refractivity contribution in [2.75, 3.05) is 0 Å². The van der Waals surface area contributed by atoms with Crippen molar-refractivity contribution in [3.8, 4) is 67.5 Å². The molecule has 56 heavy (non-hydrogen) atoms. The molecule has 0 bridgehead atoms. The van der Waals surface area contributed by atoms with Crippen molar-refractivity contribution in [1.29, 1.82) is 0 Å². The molecule has 10 aromatic rings. The van der Waals surface area contributed by atoms with Gasteiger partial charge in [-0.1, -0.05) is 164 Å². The molecule has 0 aliphatic rings. The molecule has 2 aromatic heterocycles. The number of hydrogen-bond acceptors (Lipinski definition) is 4.